The minimum Gasteiger partial charge on any atom is -0.352 e. The fraction of sp³-hybridized carbons (Fsp3) is 0.353. The molecular formula is C17H20N4O2. The number of carbonyl (C=O) groups is 1. The van der Waals surface area contributed by atoms with Gasteiger partial charge in [-0.05, 0) is 25.5 Å². The van der Waals surface area contributed by atoms with E-state index < -0.39 is 0 Å². The normalized spacial score (nSPS) is 11.2. The van der Waals surface area contributed by atoms with E-state index in [9.17, 15) is 9.59 Å². The van der Waals surface area contributed by atoms with E-state index in [2.05, 4.69) is 10.3 Å². The van der Waals surface area contributed by atoms with E-state index in [4.69, 9.17) is 0 Å². The van der Waals surface area contributed by atoms with Gasteiger partial charge in [0.1, 0.15) is 5.56 Å². The van der Waals surface area contributed by atoms with Crippen LogP contribution in [0.2, 0.25) is 0 Å². The highest BCUT2D eigenvalue weighted by Crippen LogP contribution is 2.18. The molecule has 1 aromatic carbocycles. The Kier molecular flexibility index (Phi) is 4.14. The van der Waals surface area contributed by atoms with Crippen LogP contribution in [0.3, 0.4) is 0 Å². The SMILES string of the molecule is CCCCNC(=O)c1cnc2n(CC)c3ccccc3n2c1=O. The third-order valence-corrected chi connectivity index (χ3v) is 3.97. The Morgan fingerprint density at radius 1 is 1.22 bits per heavy atom. The Labute approximate surface area is 133 Å². The van der Waals surface area contributed by atoms with E-state index in [1.807, 2.05) is 42.7 Å². The Morgan fingerprint density at radius 2 is 1.96 bits per heavy atom. The van der Waals surface area contributed by atoms with Crippen molar-refractivity contribution < 1.29 is 4.79 Å². The van der Waals surface area contributed by atoms with Gasteiger partial charge in [0.15, 0.2) is 0 Å². The molecule has 0 aliphatic rings. The molecule has 6 nitrogen and oxygen atoms in total. The molecule has 1 N–H and O–H groups in total. The second-order valence-electron chi connectivity index (χ2n) is 5.45. The average molecular weight is 312 g/mol. The maximum Gasteiger partial charge on any atom is 0.272 e. The highest BCUT2D eigenvalue weighted by Gasteiger charge is 2.17. The molecule has 0 fully saturated rings. The molecule has 2 aromatic heterocycles. The summed E-state index contributed by atoms with van der Waals surface area (Å²) in [6.07, 6.45) is 3.25. The molecule has 0 aliphatic heterocycles. The smallest absolute Gasteiger partial charge is 0.272 e. The molecule has 0 saturated heterocycles. The number of nitrogens with zero attached hydrogens (tertiary/aromatic N) is 3. The van der Waals surface area contributed by atoms with Crippen molar-refractivity contribution in [2.75, 3.05) is 6.54 Å². The maximum absolute atomic E-state index is 12.8. The minimum absolute atomic E-state index is 0.0811. The third-order valence-electron chi connectivity index (χ3n) is 3.97. The number of para-hydroxylation sites is 2. The second-order valence-corrected chi connectivity index (χ2v) is 5.45. The highest BCUT2D eigenvalue weighted by atomic mass is 16.2. The number of fused-ring (bicyclic) bond motifs is 3. The second kappa shape index (κ2) is 6.24. The van der Waals surface area contributed by atoms with Crippen LogP contribution in [0, 0.1) is 0 Å². The number of carbonyl (C=O) groups excluding carboxylic acids is 1. The summed E-state index contributed by atoms with van der Waals surface area (Å²) in [5.74, 6) is 0.197. The topological polar surface area (TPSA) is 68.4 Å². The minimum atomic E-state index is -0.362. The number of aromatic nitrogens is 3. The number of aryl methyl sites for hydroxylation is 1. The molecule has 1 amide bonds. The van der Waals surface area contributed by atoms with Gasteiger partial charge in [-0.15, -0.1) is 0 Å². The van der Waals surface area contributed by atoms with Crippen molar-refractivity contribution in [3.8, 4) is 0 Å². The fourth-order valence-electron chi connectivity index (χ4n) is 2.78. The van der Waals surface area contributed by atoms with E-state index >= 15 is 0 Å². The number of benzene rings is 1. The van der Waals surface area contributed by atoms with E-state index in [0.717, 1.165) is 23.9 Å². The van der Waals surface area contributed by atoms with Gasteiger partial charge >= 0.3 is 0 Å². The Balaban J connectivity index is 2.18. The van der Waals surface area contributed by atoms with Gasteiger partial charge in [0.2, 0.25) is 5.78 Å². The van der Waals surface area contributed by atoms with Crippen LogP contribution in [0.5, 0.6) is 0 Å². The first kappa shape index (κ1) is 15.3. The predicted octanol–water partition coefficient (Wildman–Crippen LogP) is 2.20. The number of nitrogens with one attached hydrogen (secondary N) is 1. The zero-order valence-electron chi connectivity index (χ0n) is 13.4. The van der Waals surface area contributed by atoms with Crippen molar-refractivity contribution in [3.63, 3.8) is 0 Å². The van der Waals surface area contributed by atoms with Gasteiger partial charge in [0.05, 0.1) is 11.0 Å². The van der Waals surface area contributed by atoms with Crippen LogP contribution in [-0.4, -0.2) is 26.4 Å². The van der Waals surface area contributed by atoms with Crippen molar-refractivity contribution in [2.24, 2.45) is 0 Å². The third kappa shape index (κ3) is 2.50. The summed E-state index contributed by atoms with van der Waals surface area (Å²) >= 11 is 0. The lowest BCUT2D eigenvalue weighted by Gasteiger charge is -2.05. The van der Waals surface area contributed by atoms with Gasteiger partial charge in [-0.1, -0.05) is 25.5 Å². The van der Waals surface area contributed by atoms with Gasteiger partial charge in [-0.3, -0.25) is 9.59 Å². The summed E-state index contributed by atoms with van der Waals surface area (Å²) in [4.78, 5) is 29.4. The van der Waals surface area contributed by atoms with Crippen molar-refractivity contribution in [2.45, 2.75) is 33.2 Å². The van der Waals surface area contributed by atoms with E-state index in [0.29, 0.717) is 18.9 Å². The van der Waals surface area contributed by atoms with Crippen molar-refractivity contribution >= 4 is 22.7 Å². The van der Waals surface area contributed by atoms with Crippen LogP contribution in [0.1, 0.15) is 37.0 Å². The van der Waals surface area contributed by atoms with E-state index in [1.165, 1.54) is 10.6 Å². The molecule has 6 heteroatoms. The molecule has 3 rings (SSSR count). The summed E-state index contributed by atoms with van der Waals surface area (Å²) in [5.41, 5.74) is 1.46. The molecule has 0 bridgehead atoms. The number of unbranched alkanes of at least 4 members (excludes halogenated alkanes) is 1. The zero-order valence-corrected chi connectivity index (χ0v) is 13.4. The lowest BCUT2D eigenvalue weighted by atomic mass is 10.3. The van der Waals surface area contributed by atoms with Crippen molar-refractivity contribution in [3.05, 3.63) is 46.4 Å². The lowest BCUT2D eigenvalue weighted by molar-refractivity contribution is 0.0951. The van der Waals surface area contributed by atoms with Gasteiger partial charge in [0, 0.05) is 19.3 Å². The van der Waals surface area contributed by atoms with Crippen LogP contribution in [0.4, 0.5) is 0 Å². The van der Waals surface area contributed by atoms with Gasteiger partial charge in [-0.25, -0.2) is 9.38 Å². The molecule has 120 valence electrons. The monoisotopic (exact) mass is 312 g/mol. The van der Waals surface area contributed by atoms with Crippen molar-refractivity contribution in [1.82, 2.24) is 19.3 Å². The first-order chi connectivity index (χ1) is 11.2. The molecule has 23 heavy (non-hydrogen) atoms. The molecule has 0 spiro atoms. The molecular weight excluding hydrogens is 292 g/mol. The van der Waals surface area contributed by atoms with Gasteiger partial charge in [-0.2, -0.15) is 0 Å². The predicted molar refractivity (Wildman–Crippen MR) is 89.9 cm³/mol. The number of imidazole rings is 1. The molecule has 3 aromatic rings. The first-order valence-corrected chi connectivity index (χ1v) is 7.96. The summed E-state index contributed by atoms with van der Waals surface area (Å²) in [7, 11) is 0. The van der Waals surface area contributed by atoms with Crippen LogP contribution in [-0.2, 0) is 6.54 Å². The van der Waals surface area contributed by atoms with Crippen LogP contribution >= 0.6 is 0 Å². The fourth-order valence-corrected chi connectivity index (χ4v) is 2.78. The molecule has 0 unspecified atom stereocenters. The Morgan fingerprint density at radius 3 is 2.65 bits per heavy atom. The quantitative estimate of drug-likeness (QED) is 0.734. The maximum atomic E-state index is 12.8. The lowest BCUT2D eigenvalue weighted by Crippen LogP contribution is -2.32. The van der Waals surface area contributed by atoms with E-state index in [1.54, 1.807) is 0 Å². The molecule has 2 heterocycles. The molecule has 0 saturated carbocycles. The molecule has 0 radical (unpaired) electrons. The Hall–Kier alpha value is -2.63. The first-order valence-electron chi connectivity index (χ1n) is 7.96. The average Bonchev–Trinajstić information content (AvgIpc) is 2.89. The number of hydrogen-bond acceptors (Lipinski definition) is 3. The van der Waals surface area contributed by atoms with Crippen LogP contribution < -0.4 is 10.9 Å². The Bertz CT molecular complexity index is 923. The van der Waals surface area contributed by atoms with Crippen molar-refractivity contribution in [1.29, 1.82) is 0 Å². The summed E-state index contributed by atoms with van der Waals surface area (Å²) in [6, 6.07) is 7.63. The highest BCUT2D eigenvalue weighted by molar-refractivity contribution is 5.94. The summed E-state index contributed by atoms with van der Waals surface area (Å²) in [6.45, 7) is 5.32. The number of rotatable bonds is 5. The molecule has 0 aliphatic carbocycles. The van der Waals surface area contributed by atoms with Crippen LogP contribution in [0.25, 0.3) is 16.8 Å². The van der Waals surface area contributed by atoms with Gasteiger partial charge < -0.3 is 9.88 Å². The summed E-state index contributed by atoms with van der Waals surface area (Å²) < 4.78 is 3.49. The van der Waals surface area contributed by atoms with E-state index in [-0.39, 0.29) is 17.0 Å². The largest absolute Gasteiger partial charge is 0.352 e. The van der Waals surface area contributed by atoms with Gasteiger partial charge in [0.25, 0.3) is 11.5 Å². The summed E-state index contributed by atoms with van der Waals surface area (Å²) in [5, 5.41) is 2.78. The van der Waals surface area contributed by atoms with Crippen LogP contribution in [0.15, 0.2) is 35.3 Å². The molecule has 0 atom stereocenters. The number of amides is 1. The standard InChI is InChI=1S/C17H20N4O2/c1-3-5-10-18-15(22)12-11-19-17-20(4-2)13-8-6-7-9-14(13)21(17)16(12)23/h6-9,11H,3-5,10H2,1-2H3,(H,18,22). The zero-order chi connectivity index (χ0) is 16.4. The number of hydrogen-bond donors (Lipinski definition) is 1.